The van der Waals surface area contributed by atoms with Gasteiger partial charge in [0, 0.05) is 12.2 Å². The lowest BCUT2D eigenvalue weighted by atomic mass is 10.1. The van der Waals surface area contributed by atoms with Crippen molar-refractivity contribution < 1.29 is 9.53 Å². The summed E-state index contributed by atoms with van der Waals surface area (Å²) in [5, 5.41) is 2.92. The summed E-state index contributed by atoms with van der Waals surface area (Å²) < 4.78 is 5.15. The summed E-state index contributed by atoms with van der Waals surface area (Å²) in [7, 11) is 1.62. The molecule has 4 heteroatoms. The van der Waals surface area contributed by atoms with Gasteiger partial charge in [0.25, 0.3) is 0 Å². The van der Waals surface area contributed by atoms with E-state index in [0.29, 0.717) is 13.0 Å². The molecule has 4 nitrogen and oxygen atoms in total. The number of nitrogens with one attached hydrogen (secondary N) is 1. The molecule has 0 heterocycles. The molecule has 0 bridgehead atoms. The summed E-state index contributed by atoms with van der Waals surface area (Å²) in [5.74, 6) is 0.742. The van der Waals surface area contributed by atoms with Crippen LogP contribution < -0.4 is 15.8 Å². The van der Waals surface area contributed by atoms with Crippen LogP contribution in [0.2, 0.25) is 0 Å². The van der Waals surface area contributed by atoms with E-state index in [1.165, 1.54) is 0 Å². The molecule has 0 aliphatic rings. The quantitative estimate of drug-likeness (QED) is 0.887. The van der Waals surface area contributed by atoms with E-state index in [0.717, 1.165) is 28.1 Å². The van der Waals surface area contributed by atoms with E-state index in [4.69, 9.17) is 10.5 Å². The molecule has 2 aromatic rings. The maximum Gasteiger partial charge on any atom is 0.228 e. The largest absolute Gasteiger partial charge is 0.497 e. The summed E-state index contributed by atoms with van der Waals surface area (Å²) in [6.45, 7) is 2.45. The van der Waals surface area contributed by atoms with E-state index in [1.54, 1.807) is 7.11 Å². The number of amides is 1. The molecule has 0 fully saturated rings. The average Bonchev–Trinajstić information content (AvgIpc) is 2.50. The Morgan fingerprint density at radius 1 is 1.14 bits per heavy atom. The minimum Gasteiger partial charge on any atom is -0.497 e. The molecule has 0 saturated heterocycles. The van der Waals surface area contributed by atoms with Gasteiger partial charge in [0.1, 0.15) is 5.75 Å². The molecule has 2 rings (SSSR count). The van der Waals surface area contributed by atoms with Crippen LogP contribution in [0.4, 0.5) is 5.69 Å². The topological polar surface area (TPSA) is 64.3 Å². The fourth-order valence-electron chi connectivity index (χ4n) is 2.08. The maximum absolute atomic E-state index is 12.1. The van der Waals surface area contributed by atoms with Crippen molar-refractivity contribution in [3.63, 3.8) is 0 Å². The van der Waals surface area contributed by atoms with Crippen molar-refractivity contribution >= 4 is 11.6 Å². The SMILES string of the molecule is COc1ccc(NC(=O)Cc2ccc(CN)cc2)c(C)c1. The van der Waals surface area contributed by atoms with Gasteiger partial charge in [-0.3, -0.25) is 4.79 Å². The Morgan fingerprint density at radius 2 is 1.81 bits per heavy atom. The van der Waals surface area contributed by atoms with Crippen molar-refractivity contribution in [3.05, 3.63) is 59.2 Å². The predicted molar refractivity (Wildman–Crippen MR) is 84.4 cm³/mol. The van der Waals surface area contributed by atoms with Crippen molar-refractivity contribution in [1.29, 1.82) is 0 Å². The van der Waals surface area contributed by atoms with Gasteiger partial charge in [0.2, 0.25) is 5.91 Å². The van der Waals surface area contributed by atoms with Crippen LogP contribution >= 0.6 is 0 Å². The van der Waals surface area contributed by atoms with Gasteiger partial charge in [0.15, 0.2) is 0 Å². The van der Waals surface area contributed by atoms with Gasteiger partial charge in [-0.2, -0.15) is 0 Å². The lowest BCUT2D eigenvalue weighted by molar-refractivity contribution is -0.115. The second-order valence-corrected chi connectivity index (χ2v) is 4.93. The van der Waals surface area contributed by atoms with Crippen molar-refractivity contribution in [3.8, 4) is 5.75 Å². The number of anilines is 1. The number of aryl methyl sites for hydroxylation is 1. The third-order valence-electron chi connectivity index (χ3n) is 3.33. The minimum atomic E-state index is -0.0382. The Kier molecular flexibility index (Phi) is 4.95. The smallest absolute Gasteiger partial charge is 0.228 e. The molecule has 3 N–H and O–H groups in total. The summed E-state index contributed by atoms with van der Waals surface area (Å²) in [6.07, 6.45) is 0.344. The van der Waals surface area contributed by atoms with Gasteiger partial charge in [-0.15, -0.1) is 0 Å². The van der Waals surface area contributed by atoms with Crippen LogP contribution in [0.15, 0.2) is 42.5 Å². The van der Waals surface area contributed by atoms with Gasteiger partial charge >= 0.3 is 0 Å². The monoisotopic (exact) mass is 284 g/mol. The zero-order valence-corrected chi connectivity index (χ0v) is 12.3. The second kappa shape index (κ2) is 6.90. The van der Waals surface area contributed by atoms with E-state index < -0.39 is 0 Å². The minimum absolute atomic E-state index is 0.0382. The van der Waals surface area contributed by atoms with Gasteiger partial charge in [0.05, 0.1) is 13.5 Å². The highest BCUT2D eigenvalue weighted by atomic mass is 16.5. The van der Waals surface area contributed by atoms with Gasteiger partial charge < -0.3 is 15.8 Å². The number of ether oxygens (including phenoxy) is 1. The highest BCUT2D eigenvalue weighted by Crippen LogP contribution is 2.21. The van der Waals surface area contributed by atoms with E-state index in [1.807, 2.05) is 49.4 Å². The van der Waals surface area contributed by atoms with Crippen molar-refractivity contribution in [2.75, 3.05) is 12.4 Å². The first kappa shape index (κ1) is 15.1. The first-order chi connectivity index (χ1) is 10.1. The van der Waals surface area contributed by atoms with Gasteiger partial charge in [-0.05, 0) is 41.8 Å². The number of carbonyl (C=O) groups excluding carboxylic acids is 1. The van der Waals surface area contributed by atoms with Crippen molar-refractivity contribution in [1.82, 2.24) is 0 Å². The molecule has 21 heavy (non-hydrogen) atoms. The number of benzene rings is 2. The lowest BCUT2D eigenvalue weighted by Gasteiger charge is -2.10. The van der Waals surface area contributed by atoms with Crippen LogP contribution in [0.1, 0.15) is 16.7 Å². The maximum atomic E-state index is 12.1. The number of hydrogen-bond acceptors (Lipinski definition) is 3. The third-order valence-corrected chi connectivity index (χ3v) is 3.33. The normalized spacial score (nSPS) is 10.2. The molecule has 0 unspecified atom stereocenters. The van der Waals surface area contributed by atoms with Crippen LogP contribution in [0.3, 0.4) is 0 Å². The van der Waals surface area contributed by atoms with Crippen LogP contribution in [0.25, 0.3) is 0 Å². The number of methoxy groups -OCH3 is 1. The Hall–Kier alpha value is -2.33. The standard InChI is InChI=1S/C17H20N2O2/c1-12-9-15(21-2)7-8-16(12)19-17(20)10-13-3-5-14(11-18)6-4-13/h3-9H,10-11,18H2,1-2H3,(H,19,20). The summed E-state index contributed by atoms with van der Waals surface area (Å²) in [5.41, 5.74) is 9.36. The van der Waals surface area contributed by atoms with Crippen LogP contribution in [-0.4, -0.2) is 13.0 Å². The third kappa shape index (κ3) is 4.07. The summed E-state index contributed by atoms with van der Waals surface area (Å²) in [6, 6.07) is 13.3. The van der Waals surface area contributed by atoms with Crippen LogP contribution in [0, 0.1) is 6.92 Å². The van der Waals surface area contributed by atoms with E-state index in [-0.39, 0.29) is 5.91 Å². The Balaban J connectivity index is 2.00. The van der Waals surface area contributed by atoms with Crippen molar-refractivity contribution in [2.24, 2.45) is 5.73 Å². The summed E-state index contributed by atoms with van der Waals surface area (Å²) in [4.78, 5) is 12.1. The Labute approximate surface area is 124 Å². The fourth-order valence-corrected chi connectivity index (χ4v) is 2.08. The fraction of sp³-hybridized carbons (Fsp3) is 0.235. The first-order valence-electron chi connectivity index (χ1n) is 6.84. The van der Waals surface area contributed by atoms with Crippen LogP contribution in [0.5, 0.6) is 5.75 Å². The molecule has 0 aliphatic heterocycles. The zero-order valence-electron chi connectivity index (χ0n) is 12.3. The predicted octanol–water partition coefficient (Wildman–Crippen LogP) is 2.64. The Bertz CT molecular complexity index is 621. The zero-order chi connectivity index (χ0) is 15.2. The molecule has 0 spiro atoms. The molecule has 0 aliphatic carbocycles. The second-order valence-electron chi connectivity index (χ2n) is 4.93. The molecule has 1 amide bonds. The van der Waals surface area contributed by atoms with E-state index >= 15 is 0 Å². The highest BCUT2D eigenvalue weighted by molar-refractivity contribution is 5.93. The van der Waals surface area contributed by atoms with Crippen molar-refractivity contribution in [2.45, 2.75) is 19.9 Å². The lowest BCUT2D eigenvalue weighted by Crippen LogP contribution is -2.15. The van der Waals surface area contributed by atoms with E-state index in [2.05, 4.69) is 5.32 Å². The van der Waals surface area contributed by atoms with Crippen LogP contribution in [-0.2, 0) is 17.8 Å². The molecule has 2 aromatic carbocycles. The number of hydrogen-bond donors (Lipinski definition) is 2. The average molecular weight is 284 g/mol. The first-order valence-corrected chi connectivity index (χ1v) is 6.84. The molecular weight excluding hydrogens is 264 g/mol. The molecule has 0 aromatic heterocycles. The summed E-state index contributed by atoms with van der Waals surface area (Å²) >= 11 is 0. The number of carbonyl (C=O) groups is 1. The number of nitrogens with two attached hydrogens (primary N) is 1. The van der Waals surface area contributed by atoms with Gasteiger partial charge in [-0.25, -0.2) is 0 Å². The molecule has 110 valence electrons. The van der Waals surface area contributed by atoms with Gasteiger partial charge in [-0.1, -0.05) is 24.3 Å². The molecular formula is C17H20N2O2. The number of rotatable bonds is 5. The molecule has 0 saturated carbocycles. The molecule has 0 radical (unpaired) electrons. The Morgan fingerprint density at radius 3 is 2.38 bits per heavy atom. The van der Waals surface area contributed by atoms with E-state index in [9.17, 15) is 4.79 Å². The highest BCUT2D eigenvalue weighted by Gasteiger charge is 2.07. The molecule has 0 atom stereocenters.